The van der Waals surface area contributed by atoms with Crippen molar-refractivity contribution in [2.45, 2.75) is 32.5 Å². The predicted octanol–water partition coefficient (Wildman–Crippen LogP) is 1.83. The number of rotatable bonds is 8. The normalized spacial score (nSPS) is 12.8. The van der Waals surface area contributed by atoms with Gasteiger partial charge in [0.15, 0.2) is 0 Å². The molecule has 1 heterocycles. The van der Waals surface area contributed by atoms with Crippen molar-refractivity contribution in [3.63, 3.8) is 0 Å². The number of amides is 1. The molecule has 0 bridgehead atoms. The largest absolute Gasteiger partial charge is 0.478 e. The van der Waals surface area contributed by atoms with Crippen LogP contribution in [-0.4, -0.2) is 39.1 Å². The van der Waals surface area contributed by atoms with E-state index in [2.05, 4.69) is 15.6 Å². The van der Waals surface area contributed by atoms with Gasteiger partial charge in [-0.3, -0.25) is 15.1 Å². The van der Waals surface area contributed by atoms with Gasteiger partial charge in [-0.1, -0.05) is 12.1 Å². The summed E-state index contributed by atoms with van der Waals surface area (Å²) in [4.78, 5) is 38.4. The van der Waals surface area contributed by atoms with Crippen molar-refractivity contribution < 1.29 is 24.6 Å². The number of benzene rings is 1. The zero-order chi connectivity index (χ0) is 20.0. The van der Waals surface area contributed by atoms with Crippen LogP contribution in [0.2, 0.25) is 0 Å². The van der Waals surface area contributed by atoms with Gasteiger partial charge in [0.25, 0.3) is 0 Å². The molecule has 0 saturated carbocycles. The van der Waals surface area contributed by atoms with Crippen LogP contribution in [0.4, 0.5) is 0 Å². The van der Waals surface area contributed by atoms with E-state index in [1.54, 1.807) is 26.0 Å². The summed E-state index contributed by atoms with van der Waals surface area (Å²) in [5, 5.41) is 23.8. The molecule has 27 heavy (non-hydrogen) atoms. The Morgan fingerprint density at radius 1 is 1.04 bits per heavy atom. The molecule has 1 unspecified atom stereocenters. The molecule has 0 aliphatic heterocycles. The standard InChI is InChI=1S/C19H21N3O5/c1-11(16-9-15(19(26)27)6-7-20-16)22-12(2)17(23)21-10-13-4-3-5-14(8-13)18(24)25/h3-9,11-12,22H,10H2,1-2H3,(H,21,23)(H,24,25)(H,26,27)/t11?,12-/m0/s1. The Hall–Kier alpha value is -3.26. The lowest BCUT2D eigenvalue weighted by atomic mass is 10.1. The molecule has 2 atom stereocenters. The van der Waals surface area contributed by atoms with Crippen LogP contribution in [0.1, 0.15) is 51.9 Å². The van der Waals surface area contributed by atoms with Gasteiger partial charge in [-0.25, -0.2) is 9.59 Å². The zero-order valence-electron chi connectivity index (χ0n) is 15.0. The second-order valence-electron chi connectivity index (χ2n) is 6.11. The minimum absolute atomic E-state index is 0.129. The van der Waals surface area contributed by atoms with E-state index in [0.717, 1.165) is 0 Å². The number of carboxylic acid groups (broad SMARTS) is 2. The number of hydrogen-bond donors (Lipinski definition) is 4. The number of hydrogen-bond acceptors (Lipinski definition) is 5. The number of nitrogens with one attached hydrogen (secondary N) is 2. The summed E-state index contributed by atoms with van der Waals surface area (Å²) >= 11 is 0. The van der Waals surface area contributed by atoms with Crippen molar-refractivity contribution in [3.8, 4) is 0 Å². The van der Waals surface area contributed by atoms with Crippen molar-refractivity contribution in [1.29, 1.82) is 0 Å². The molecule has 0 radical (unpaired) electrons. The highest BCUT2D eigenvalue weighted by Gasteiger charge is 2.18. The molecule has 0 aliphatic carbocycles. The molecule has 142 valence electrons. The Bertz CT molecular complexity index is 853. The van der Waals surface area contributed by atoms with E-state index < -0.39 is 18.0 Å². The third kappa shape index (κ3) is 5.61. The molecule has 8 nitrogen and oxygen atoms in total. The number of carbonyl (C=O) groups excluding carboxylic acids is 1. The first-order chi connectivity index (χ1) is 12.8. The van der Waals surface area contributed by atoms with Crippen molar-refractivity contribution in [2.24, 2.45) is 0 Å². The highest BCUT2D eigenvalue weighted by Crippen LogP contribution is 2.12. The van der Waals surface area contributed by atoms with Crippen molar-refractivity contribution in [2.75, 3.05) is 0 Å². The lowest BCUT2D eigenvalue weighted by Crippen LogP contribution is -2.43. The lowest BCUT2D eigenvalue weighted by molar-refractivity contribution is -0.123. The van der Waals surface area contributed by atoms with Crippen LogP contribution in [-0.2, 0) is 11.3 Å². The van der Waals surface area contributed by atoms with Crippen molar-refractivity contribution in [1.82, 2.24) is 15.6 Å². The number of carboxylic acids is 2. The highest BCUT2D eigenvalue weighted by molar-refractivity contribution is 5.88. The van der Waals surface area contributed by atoms with E-state index in [1.807, 2.05) is 0 Å². The summed E-state index contributed by atoms with van der Waals surface area (Å²) < 4.78 is 0. The molecule has 4 N–H and O–H groups in total. The molecule has 1 amide bonds. The minimum Gasteiger partial charge on any atom is -0.478 e. The van der Waals surface area contributed by atoms with E-state index in [9.17, 15) is 14.4 Å². The molecule has 0 fully saturated rings. The number of carbonyl (C=O) groups is 3. The molecule has 8 heteroatoms. The smallest absolute Gasteiger partial charge is 0.335 e. The summed E-state index contributed by atoms with van der Waals surface area (Å²) in [6.45, 7) is 3.67. The molecule has 1 aromatic carbocycles. The van der Waals surface area contributed by atoms with Gasteiger partial charge < -0.3 is 15.5 Å². The number of pyridine rings is 1. The molecule has 1 aromatic heterocycles. The van der Waals surface area contributed by atoms with E-state index >= 15 is 0 Å². The van der Waals surface area contributed by atoms with Crippen LogP contribution >= 0.6 is 0 Å². The second kappa shape index (κ2) is 8.91. The first-order valence-corrected chi connectivity index (χ1v) is 8.33. The Balaban J connectivity index is 1.93. The molecule has 2 rings (SSSR count). The first kappa shape index (κ1) is 20.1. The number of aromatic carboxylic acids is 2. The summed E-state index contributed by atoms with van der Waals surface area (Å²) in [6, 6.07) is 8.31. The third-order valence-corrected chi connectivity index (χ3v) is 4.01. The summed E-state index contributed by atoms with van der Waals surface area (Å²) in [5.74, 6) is -2.33. The van der Waals surface area contributed by atoms with Gasteiger partial charge in [0, 0.05) is 18.8 Å². The fraction of sp³-hybridized carbons (Fsp3) is 0.263. The van der Waals surface area contributed by atoms with Crippen LogP contribution < -0.4 is 10.6 Å². The maximum absolute atomic E-state index is 12.3. The molecular weight excluding hydrogens is 350 g/mol. The summed E-state index contributed by atoms with van der Waals surface area (Å²) in [5.41, 5.74) is 1.48. The molecule has 2 aromatic rings. The fourth-order valence-corrected chi connectivity index (χ4v) is 2.51. The van der Waals surface area contributed by atoms with Gasteiger partial charge in [0.05, 0.1) is 22.9 Å². The summed E-state index contributed by atoms with van der Waals surface area (Å²) in [6.07, 6.45) is 1.41. The van der Waals surface area contributed by atoms with Crippen LogP contribution in [0, 0.1) is 0 Å². The van der Waals surface area contributed by atoms with Crippen LogP contribution in [0.5, 0.6) is 0 Å². The van der Waals surface area contributed by atoms with E-state index in [1.165, 1.54) is 30.5 Å². The maximum Gasteiger partial charge on any atom is 0.335 e. The van der Waals surface area contributed by atoms with Crippen LogP contribution in [0.15, 0.2) is 42.6 Å². The first-order valence-electron chi connectivity index (χ1n) is 8.33. The molecule has 0 saturated heterocycles. The van der Waals surface area contributed by atoms with Gasteiger partial charge in [-0.2, -0.15) is 0 Å². The molecule has 0 aliphatic rings. The predicted molar refractivity (Wildman–Crippen MR) is 97.5 cm³/mol. The van der Waals surface area contributed by atoms with Gasteiger partial charge in [-0.15, -0.1) is 0 Å². The monoisotopic (exact) mass is 371 g/mol. The van der Waals surface area contributed by atoms with Crippen LogP contribution in [0.25, 0.3) is 0 Å². The summed E-state index contributed by atoms with van der Waals surface area (Å²) in [7, 11) is 0. The van der Waals surface area contributed by atoms with E-state index in [4.69, 9.17) is 10.2 Å². The molecule has 0 spiro atoms. The van der Waals surface area contributed by atoms with Crippen molar-refractivity contribution >= 4 is 17.8 Å². The average Bonchev–Trinajstić information content (AvgIpc) is 2.66. The Morgan fingerprint density at radius 3 is 2.37 bits per heavy atom. The highest BCUT2D eigenvalue weighted by atomic mass is 16.4. The number of aromatic nitrogens is 1. The van der Waals surface area contributed by atoms with Crippen LogP contribution in [0.3, 0.4) is 0 Å². The van der Waals surface area contributed by atoms with Gasteiger partial charge >= 0.3 is 11.9 Å². The Kier molecular flexibility index (Phi) is 6.62. The minimum atomic E-state index is -1.04. The van der Waals surface area contributed by atoms with E-state index in [-0.39, 0.29) is 29.6 Å². The quantitative estimate of drug-likeness (QED) is 0.557. The molecular formula is C19H21N3O5. The van der Waals surface area contributed by atoms with Gasteiger partial charge in [-0.05, 0) is 43.7 Å². The lowest BCUT2D eigenvalue weighted by Gasteiger charge is -2.19. The topological polar surface area (TPSA) is 129 Å². The fourth-order valence-electron chi connectivity index (χ4n) is 2.51. The Labute approximate surface area is 156 Å². The maximum atomic E-state index is 12.3. The van der Waals surface area contributed by atoms with Crippen molar-refractivity contribution in [3.05, 3.63) is 65.0 Å². The zero-order valence-corrected chi connectivity index (χ0v) is 15.0. The average molecular weight is 371 g/mol. The Morgan fingerprint density at radius 2 is 1.70 bits per heavy atom. The van der Waals surface area contributed by atoms with Gasteiger partial charge in [0.1, 0.15) is 0 Å². The second-order valence-corrected chi connectivity index (χ2v) is 6.11. The number of nitrogens with zero attached hydrogens (tertiary/aromatic N) is 1. The van der Waals surface area contributed by atoms with Gasteiger partial charge in [0.2, 0.25) is 5.91 Å². The SMILES string of the molecule is CC(N[C@@H](C)C(=O)NCc1cccc(C(=O)O)c1)c1cc(C(=O)O)ccn1. The van der Waals surface area contributed by atoms with E-state index in [0.29, 0.717) is 11.3 Å². The third-order valence-electron chi connectivity index (χ3n) is 4.01.